The van der Waals surface area contributed by atoms with Crippen LogP contribution in [-0.4, -0.2) is 30.7 Å². The number of hydrogen-bond donors (Lipinski definition) is 1. The minimum atomic E-state index is -0.626. The average molecular weight is 581 g/mol. The first-order chi connectivity index (χ1) is 20.7. The number of aromatic nitrogens is 1. The number of esters is 1. The molecule has 0 radical (unpaired) electrons. The molecule has 2 atom stereocenters. The van der Waals surface area contributed by atoms with E-state index in [4.69, 9.17) is 18.4 Å². The lowest BCUT2D eigenvalue weighted by Gasteiger charge is -2.22. The maximum absolute atomic E-state index is 13.4. The van der Waals surface area contributed by atoms with Crippen LogP contribution in [0.3, 0.4) is 0 Å². The van der Waals surface area contributed by atoms with Gasteiger partial charge in [-0.2, -0.15) is 0 Å². The number of carbonyl (C=O) groups is 2. The smallest absolute Gasteiger partial charge is 0.307 e. The molecule has 8 heteroatoms. The van der Waals surface area contributed by atoms with Crippen molar-refractivity contribution < 1.29 is 28.0 Å². The summed E-state index contributed by atoms with van der Waals surface area (Å²) in [6, 6.07) is 23.6. The molecule has 0 saturated heterocycles. The maximum Gasteiger partial charge on any atom is 0.307 e. The highest BCUT2D eigenvalue weighted by Gasteiger charge is 2.27. The van der Waals surface area contributed by atoms with Gasteiger partial charge < -0.3 is 23.7 Å². The highest BCUT2D eigenvalue weighted by atomic mass is 16.5. The van der Waals surface area contributed by atoms with E-state index in [0.29, 0.717) is 22.8 Å². The topological polar surface area (TPSA) is 104 Å². The summed E-state index contributed by atoms with van der Waals surface area (Å²) in [5.41, 5.74) is 7.33. The first kappa shape index (κ1) is 29.8. The van der Waals surface area contributed by atoms with E-state index in [0.717, 1.165) is 33.2 Å². The fraction of sp³-hybridized carbons (Fsp3) is 0.286. The van der Waals surface area contributed by atoms with Crippen LogP contribution in [0.4, 0.5) is 0 Å². The number of rotatable bonds is 11. The summed E-state index contributed by atoms with van der Waals surface area (Å²) < 4.78 is 22.4. The van der Waals surface area contributed by atoms with Crippen molar-refractivity contribution in [3.8, 4) is 0 Å². The van der Waals surface area contributed by atoms with Crippen molar-refractivity contribution in [2.75, 3.05) is 13.7 Å². The highest BCUT2D eigenvalue weighted by Crippen LogP contribution is 2.35. The Morgan fingerprint density at radius 3 is 2.44 bits per heavy atom. The van der Waals surface area contributed by atoms with Gasteiger partial charge in [0.1, 0.15) is 23.2 Å². The molecule has 2 heterocycles. The van der Waals surface area contributed by atoms with Crippen LogP contribution >= 0.6 is 0 Å². The van der Waals surface area contributed by atoms with Crippen LogP contribution in [0.1, 0.15) is 69.2 Å². The van der Waals surface area contributed by atoms with Crippen molar-refractivity contribution >= 4 is 22.8 Å². The van der Waals surface area contributed by atoms with E-state index in [9.17, 15) is 9.59 Å². The molecule has 2 unspecified atom stereocenters. The quantitative estimate of drug-likeness (QED) is 0.172. The fourth-order valence-corrected chi connectivity index (χ4v) is 5.42. The standard InChI is InChI=1S/C35H36N2O6/c1-21-11-13-28(22(2)17-21)34(26-9-7-6-8-10-26)36-31(38)19-25-12-14-29-27(18-25)20-30(42-29)35(41-16-15-32(39)40-5)33-23(3)37-43-24(33)4/h6-14,17-18,20,34-35H,15-16,19H2,1-5H3,(H,36,38). The van der Waals surface area contributed by atoms with Gasteiger partial charge in [0.25, 0.3) is 0 Å². The van der Waals surface area contributed by atoms with Crippen molar-refractivity contribution in [2.45, 2.75) is 52.7 Å². The Kier molecular flexibility index (Phi) is 9.07. The average Bonchev–Trinajstić information content (AvgIpc) is 3.56. The van der Waals surface area contributed by atoms with Crippen LogP contribution < -0.4 is 5.32 Å². The third-order valence-electron chi connectivity index (χ3n) is 7.57. The van der Waals surface area contributed by atoms with Gasteiger partial charge in [0.2, 0.25) is 5.91 Å². The van der Waals surface area contributed by atoms with Crippen LogP contribution in [0, 0.1) is 27.7 Å². The van der Waals surface area contributed by atoms with Crippen LogP contribution in [0.25, 0.3) is 11.0 Å². The number of furan rings is 1. The summed E-state index contributed by atoms with van der Waals surface area (Å²) in [5.74, 6) is 0.707. The van der Waals surface area contributed by atoms with E-state index >= 15 is 0 Å². The second-order valence-corrected chi connectivity index (χ2v) is 10.8. The predicted octanol–water partition coefficient (Wildman–Crippen LogP) is 6.77. The molecule has 0 fully saturated rings. The molecule has 0 aliphatic carbocycles. The molecular weight excluding hydrogens is 544 g/mol. The molecule has 1 N–H and O–H groups in total. The first-order valence-electron chi connectivity index (χ1n) is 14.3. The van der Waals surface area contributed by atoms with E-state index in [2.05, 4.69) is 42.5 Å². The Labute approximate surface area is 251 Å². The molecule has 8 nitrogen and oxygen atoms in total. The molecule has 5 aromatic rings. The molecule has 3 aromatic carbocycles. The molecule has 1 amide bonds. The van der Waals surface area contributed by atoms with Crippen molar-refractivity contribution in [2.24, 2.45) is 0 Å². The maximum atomic E-state index is 13.4. The molecule has 2 aromatic heterocycles. The number of amides is 1. The minimum Gasteiger partial charge on any atom is -0.469 e. The van der Waals surface area contributed by atoms with Gasteiger partial charge in [0, 0.05) is 5.39 Å². The van der Waals surface area contributed by atoms with Gasteiger partial charge in [0.15, 0.2) is 0 Å². The van der Waals surface area contributed by atoms with E-state index < -0.39 is 6.10 Å². The number of nitrogens with one attached hydrogen (secondary N) is 1. The van der Waals surface area contributed by atoms with Gasteiger partial charge in [-0.15, -0.1) is 0 Å². The molecule has 0 aliphatic rings. The summed E-state index contributed by atoms with van der Waals surface area (Å²) >= 11 is 0. The molecule has 0 saturated carbocycles. The van der Waals surface area contributed by atoms with Crippen LogP contribution in [0.5, 0.6) is 0 Å². The van der Waals surface area contributed by atoms with Gasteiger partial charge in [-0.1, -0.05) is 65.3 Å². The van der Waals surface area contributed by atoms with E-state index in [1.807, 2.05) is 68.4 Å². The summed E-state index contributed by atoms with van der Waals surface area (Å²) in [6.07, 6.45) is -0.324. The first-order valence-corrected chi connectivity index (χ1v) is 14.3. The van der Waals surface area contributed by atoms with Gasteiger partial charge >= 0.3 is 5.97 Å². The zero-order chi connectivity index (χ0) is 30.5. The van der Waals surface area contributed by atoms with Gasteiger partial charge in [-0.25, -0.2) is 0 Å². The second-order valence-electron chi connectivity index (χ2n) is 10.8. The zero-order valence-electron chi connectivity index (χ0n) is 25.1. The molecule has 0 bridgehead atoms. The van der Waals surface area contributed by atoms with E-state index in [-0.39, 0.29) is 37.4 Å². The zero-order valence-corrected chi connectivity index (χ0v) is 25.1. The van der Waals surface area contributed by atoms with Crippen LogP contribution in [0.2, 0.25) is 0 Å². The number of ether oxygens (including phenoxy) is 2. The normalized spacial score (nSPS) is 12.7. The van der Waals surface area contributed by atoms with Crippen molar-refractivity contribution in [1.82, 2.24) is 10.5 Å². The molecular formula is C35H36N2O6. The SMILES string of the molecule is COC(=O)CCOC(c1cc2cc(CC(=O)NC(c3ccccc3)c3ccc(C)cc3C)ccc2o1)c1c(C)noc1C. The van der Waals surface area contributed by atoms with Gasteiger partial charge in [0.05, 0.1) is 43.9 Å². The second kappa shape index (κ2) is 13.1. The van der Waals surface area contributed by atoms with Gasteiger partial charge in [-0.05, 0) is 68.1 Å². The molecule has 43 heavy (non-hydrogen) atoms. The summed E-state index contributed by atoms with van der Waals surface area (Å²) in [7, 11) is 1.34. The largest absolute Gasteiger partial charge is 0.469 e. The summed E-state index contributed by atoms with van der Waals surface area (Å²) in [5, 5.41) is 8.16. The molecule has 222 valence electrons. The van der Waals surface area contributed by atoms with Gasteiger partial charge in [-0.3, -0.25) is 9.59 Å². The van der Waals surface area contributed by atoms with E-state index in [1.54, 1.807) is 0 Å². The lowest BCUT2D eigenvalue weighted by molar-refractivity contribution is -0.142. The Balaban J connectivity index is 1.38. The highest BCUT2D eigenvalue weighted by molar-refractivity contribution is 5.83. The summed E-state index contributed by atoms with van der Waals surface area (Å²) in [6.45, 7) is 7.92. The number of nitrogens with zero attached hydrogens (tertiary/aromatic N) is 1. The lowest BCUT2D eigenvalue weighted by Crippen LogP contribution is -2.31. The van der Waals surface area contributed by atoms with Crippen LogP contribution in [-0.2, 0) is 25.5 Å². The number of hydrogen-bond acceptors (Lipinski definition) is 7. The third-order valence-corrected chi connectivity index (χ3v) is 7.57. The number of methoxy groups -OCH3 is 1. The minimum absolute atomic E-state index is 0.0864. The Morgan fingerprint density at radius 1 is 0.953 bits per heavy atom. The Hall–Kier alpha value is -4.69. The fourth-order valence-electron chi connectivity index (χ4n) is 5.42. The lowest BCUT2D eigenvalue weighted by atomic mass is 9.93. The van der Waals surface area contributed by atoms with Crippen LogP contribution in [0.15, 0.2) is 81.7 Å². The monoisotopic (exact) mass is 580 g/mol. The van der Waals surface area contributed by atoms with Crippen molar-refractivity contribution in [3.63, 3.8) is 0 Å². The number of benzene rings is 3. The summed E-state index contributed by atoms with van der Waals surface area (Å²) in [4.78, 5) is 25.1. The molecule has 0 spiro atoms. The van der Waals surface area contributed by atoms with Crippen molar-refractivity contribution in [1.29, 1.82) is 0 Å². The molecule has 5 rings (SSSR count). The van der Waals surface area contributed by atoms with Crippen molar-refractivity contribution in [3.05, 3.63) is 123 Å². The third kappa shape index (κ3) is 6.87. The number of carbonyl (C=O) groups excluding carboxylic acids is 2. The number of fused-ring (bicyclic) bond motifs is 1. The predicted molar refractivity (Wildman–Crippen MR) is 163 cm³/mol. The van der Waals surface area contributed by atoms with E-state index in [1.165, 1.54) is 12.7 Å². The molecule has 0 aliphatic heterocycles. The Bertz CT molecular complexity index is 1720. The Morgan fingerprint density at radius 2 is 1.74 bits per heavy atom. The number of aryl methyl sites for hydroxylation is 4.